The molecule has 1 saturated carbocycles. The summed E-state index contributed by atoms with van der Waals surface area (Å²) in [5.74, 6) is 0.748. The third-order valence-corrected chi connectivity index (χ3v) is 5.11. The molecule has 1 heterocycles. The van der Waals surface area contributed by atoms with Gasteiger partial charge in [0.25, 0.3) is 0 Å². The minimum Gasteiger partial charge on any atom is -0.504 e. The number of hydrogen-bond donors (Lipinski definition) is 2. The number of nitrogens with zero attached hydrogens (tertiary/aromatic N) is 1. The third-order valence-electron chi connectivity index (χ3n) is 5.11. The van der Waals surface area contributed by atoms with E-state index < -0.39 is 5.54 Å². The predicted molar refractivity (Wildman–Crippen MR) is 88.4 cm³/mol. The first-order valence-electron chi connectivity index (χ1n) is 8.57. The highest BCUT2D eigenvalue weighted by atomic mass is 16.5. The minimum atomic E-state index is -0.451. The summed E-state index contributed by atoms with van der Waals surface area (Å²) >= 11 is 0. The summed E-state index contributed by atoms with van der Waals surface area (Å²) in [4.78, 5) is 15.0. The summed E-state index contributed by atoms with van der Waals surface area (Å²) in [7, 11) is 1.54. The Morgan fingerprint density at radius 3 is 2.74 bits per heavy atom. The number of ether oxygens (including phenoxy) is 1. The van der Waals surface area contributed by atoms with Gasteiger partial charge < -0.3 is 14.7 Å². The van der Waals surface area contributed by atoms with E-state index in [0.717, 1.165) is 32.1 Å². The fourth-order valence-corrected chi connectivity index (χ4v) is 3.95. The van der Waals surface area contributed by atoms with Crippen molar-refractivity contribution in [2.45, 2.75) is 57.2 Å². The number of carbonyl (C=O) groups excluding carboxylic acids is 1. The maximum atomic E-state index is 13.1. The molecule has 1 aliphatic carbocycles. The second-order valence-corrected chi connectivity index (χ2v) is 6.59. The number of rotatable bonds is 4. The Morgan fingerprint density at radius 2 is 2.09 bits per heavy atom. The summed E-state index contributed by atoms with van der Waals surface area (Å²) in [5, 5.41) is 14.1. The van der Waals surface area contributed by atoms with Crippen LogP contribution in [0.15, 0.2) is 18.2 Å². The molecule has 1 amide bonds. The summed E-state index contributed by atoms with van der Waals surface area (Å²) in [6.07, 6.45) is 5.73. The van der Waals surface area contributed by atoms with Crippen molar-refractivity contribution in [1.29, 1.82) is 0 Å². The molecule has 2 fully saturated rings. The van der Waals surface area contributed by atoms with E-state index in [2.05, 4.69) is 12.2 Å². The van der Waals surface area contributed by atoms with Crippen LogP contribution in [0.2, 0.25) is 0 Å². The topological polar surface area (TPSA) is 61.8 Å². The molecule has 1 aliphatic heterocycles. The number of amides is 1. The molecule has 0 aromatic heterocycles. The molecular weight excluding hydrogens is 292 g/mol. The van der Waals surface area contributed by atoms with E-state index in [9.17, 15) is 9.90 Å². The van der Waals surface area contributed by atoms with Crippen molar-refractivity contribution in [2.24, 2.45) is 0 Å². The first-order chi connectivity index (χ1) is 11.1. The number of phenols is 1. The number of methoxy groups -OCH3 is 1. The van der Waals surface area contributed by atoms with Crippen LogP contribution in [0.25, 0.3) is 0 Å². The number of phenolic OH excluding ortho intramolecular Hbond substituents is 1. The Morgan fingerprint density at radius 1 is 1.35 bits per heavy atom. The average molecular weight is 318 g/mol. The van der Waals surface area contributed by atoms with Crippen molar-refractivity contribution in [3.8, 4) is 11.5 Å². The van der Waals surface area contributed by atoms with Crippen LogP contribution in [0.5, 0.6) is 11.5 Å². The number of carbonyl (C=O) groups is 1. The minimum absolute atomic E-state index is 0.120. The van der Waals surface area contributed by atoms with Gasteiger partial charge in [-0.25, -0.2) is 0 Å². The highest BCUT2D eigenvalue weighted by molar-refractivity contribution is 5.89. The van der Waals surface area contributed by atoms with Crippen molar-refractivity contribution in [3.63, 3.8) is 0 Å². The van der Waals surface area contributed by atoms with E-state index in [0.29, 0.717) is 17.9 Å². The van der Waals surface area contributed by atoms with Crippen LogP contribution >= 0.6 is 0 Å². The molecule has 5 nitrogen and oxygen atoms in total. The van der Waals surface area contributed by atoms with Crippen molar-refractivity contribution in [1.82, 2.24) is 10.2 Å². The van der Waals surface area contributed by atoms with Crippen LogP contribution in [0.4, 0.5) is 0 Å². The summed E-state index contributed by atoms with van der Waals surface area (Å²) < 4.78 is 5.22. The van der Waals surface area contributed by atoms with Gasteiger partial charge in [0.1, 0.15) is 6.17 Å². The third kappa shape index (κ3) is 2.67. The number of aromatic hydroxyl groups is 1. The van der Waals surface area contributed by atoms with E-state index in [1.54, 1.807) is 13.2 Å². The molecular formula is C18H26N2O3. The van der Waals surface area contributed by atoms with Crippen LogP contribution in [0.1, 0.15) is 57.2 Å². The lowest BCUT2D eigenvalue weighted by molar-refractivity contribution is -0.134. The van der Waals surface area contributed by atoms with Gasteiger partial charge in [-0.1, -0.05) is 38.3 Å². The standard InChI is InChI=1S/C18H26N2O3/c1-3-12-20-16(13-8-7-9-14(23-2)15(13)21)19-18(17(20)22)10-5-4-6-11-18/h7-9,16,19,21H,3-6,10-12H2,1-2H3. The lowest BCUT2D eigenvalue weighted by atomic mass is 9.81. The Kier molecular flexibility index (Phi) is 4.48. The van der Waals surface area contributed by atoms with E-state index in [4.69, 9.17) is 4.74 Å². The second-order valence-electron chi connectivity index (χ2n) is 6.59. The zero-order valence-corrected chi connectivity index (χ0v) is 14.0. The van der Waals surface area contributed by atoms with Crippen LogP contribution in [-0.2, 0) is 4.79 Å². The molecule has 126 valence electrons. The molecule has 1 unspecified atom stereocenters. The molecule has 0 radical (unpaired) electrons. The normalized spacial score (nSPS) is 23.5. The molecule has 5 heteroatoms. The van der Waals surface area contributed by atoms with E-state index in [1.807, 2.05) is 17.0 Å². The fraction of sp³-hybridized carbons (Fsp3) is 0.611. The highest BCUT2D eigenvalue weighted by Gasteiger charge is 2.51. The number of para-hydroxylation sites is 1. The molecule has 1 aromatic carbocycles. The van der Waals surface area contributed by atoms with Gasteiger partial charge in [0.2, 0.25) is 5.91 Å². The van der Waals surface area contributed by atoms with Crippen LogP contribution < -0.4 is 10.1 Å². The van der Waals surface area contributed by atoms with Crippen molar-refractivity contribution in [2.75, 3.05) is 13.7 Å². The van der Waals surface area contributed by atoms with Gasteiger partial charge in [-0.15, -0.1) is 0 Å². The van der Waals surface area contributed by atoms with Gasteiger partial charge in [-0.2, -0.15) is 0 Å². The van der Waals surface area contributed by atoms with Gasteiger partial charge in [0, 0.05) is 12.1 Å². The smallest absolute Gasteiger partial charge is 0.244 e. The number of benzene rings is 1. The van der Waals surface area contributed by atoms with Crippen molar-refractivity contribution in [3.05, 3.63) is 23.8 Å². The zero-order valence-electron chi connectivity index (χ0n) is 14.0. The molecule has 3 rings (SSSR count). The molecule has 2 aliphatic rings. The highest BCUT2D eigenvalue weighted by Crippen LogP contribution is 2.43. The van der Waals surface area contributed by atoms with Crippen LogP contribution in [-0.4, -0.2) is 35.1 Å². The Hall–Kier alpha value is -1.75. The first-order valence-corrected chi connectivity index (χ1v) is 8.57. The predicted octanol–water partition coefficient (Wildman–Crippen LogP) is 2.94. The SMILES string of the molecule is CCCN1C(=O)C2(CCCCC2)NC1c1cccc(OC)c1O. The molecule has 1 spiro atoms. The molecule has 2 N–H and O–H groups in total. The summed E-state index contributed by atoms with van der Waals surface area (Å²) in [5.41, 5.74) is 0.266. The van der Waals surface area contributed by atoms with Crippen molar-refractivity contribution < 1.29 is 14.6 Å². The van der Waals surface area contributed by atoms with Gasteiger partial charge in [-0.05, 0) is 25.3 Å². The average Bonchev–Trinajstić information content (AvgIpc) is 2.82. The Bertz CT molecular complexity index is 582. The van der Waals surface area contributed by atoms with Crippen LogP contribution in [0.3, 0.4) is 0 Å². The summed E-state index contributed by atoms with van der Waals surface area (Å²) in [6.45, 7) is 2.76. The van der Waals surface area contributed by atoms with Gasteiger partial charge in [0.15, 0.2) is 11.5 Å². The van der Waals surface area contributed by atoms with E-state index in [-0.39, 0.29) is 17.8 Å². The van der Waals surface area contributed by atoms with Crippen molar-refractivity contribution >= 4 is 5.91 Å². The first kappa shape index (κ1) is 16.1. The molecule has 1 saturated heterocycles. The van der Waals surface area contributed by atoms with E-state index in [1.165, 1.54) is 6.42 Å². The molecule has 0 bridgehead atoms. The summed E-state index contributed by atoms with van der Waals surface area (Å²) in [6, 6.07) is 5.46. The zero-order chi connectivity index (χ0) is 16.4. The largest absolute Gasteiger partial charge is 0.504 e. The molecule has 1 aromatic rings. The van der Waals surface area contributed by atoms with Gasteiger partial charge in [-0.3, -0.25) is 10.1 Å². The fourth-order valence-electron chi connectivity index (χ4n) is 3.95. The lowest BCUT2D eigenvalue weighted by Gasteiger charge is -2.31. The Labute approximate surface area is 137 Å². The molecule has 1 atom stereocenters. The van der Waals surface area contributed by atoms with Gasteiger partial charge >= 0.3 is 0 Å². The number of hydrogen-bond acceptors (Lipinski definition) is 4. The number of nitrogens with one attached hydrogen (secondary N) is 1. The second kappa shape index (κ2) is 6.40. The Balaban J connectivity index is 1.98. The maximum absolute atomic E-state index is 13.1. The monoisotopic (exact) mass is 318 g/mol. The van der Waals surface area contributed by atoms with E-state index >= 15 is 0 Å². The quantitative estimate of drug-likeness (QED) is 0.896. The lowest BCUT2D eigenvalue weighted by Crippen LogP contribution is -2.48. The van der Waals surface area contributed by atoms with Crippen LogP contribution in [0, 0.1) is 0 Å². The maximum Gasteiger partial charge on any atom is 0.244 e. The van der Waals surface area contributed by atoms with Gasteiger partial charge in [0.05, 0.1) is 12.6 Å². The molecule has 23 heavy (non-hydrogen) atoms.